The van der Waals surface area contributed by atoms with Crippen molar-refractivity contribution in [1.29, 1.82) is 5.26 Å². The van der Waals surface area contributed by atoms with Crippen LogP contribution in [0.25, 0.3) is 0 Å². The minimum absolute atomic E-state index is 0.220. The molecule has 104 valence electrons. The second-order valence-electron chi connectivity index (χ2n) is 4.92. The fourth-order valence-electron chi connectivity index (χ4n) is 1.74. The first kappa shape index (κ1) is 15.9. The Labute approximate surface area is 117 Å². The molecule has 0 aliphatic heterocycles. The van der Waals surface area contributed by atoms with Gasteiger partial charge in [0.2, 0.25) is 0 Å². The first-order chi connectivity index (χ1) is 8.86. The van der Waals surface area contributed by atoms with Gasteiger partial charge in [-0.1, -0.05) is 0 Å². The number of nitrogens with zero attached hydrogens (tertiary/aromatic N) is 1. The van der Waals surface area contributed by atoms with Crippen molar-refractivity contribution in [3.63, 3.8) is 0 Å². The van der Waals surface area contributed by atoms with Gasteiger partial charge in [0.1, 0.15) is 5.54 Å². The van der Waals surface area contributed by atoms with Crippen LogP contribution in [0.3, 0.4) is 0 Å². The van der Waals surface area contributed by atoms with Gasteiger partial charge in [0.05, 0.1) is 6.07 Å². The van der Waals surface area contributed by atoms with Crippen molar-refractivity contribution in [2.24, 2.45) is 0 Å². The number of hydrogen-bond acceptors (Lipinski definition) is 3. The Bertz CT molecular complexity index is 471. The molecule has 0 radical (unpaired) electrons. The molecular weight excluding hydrogens is 266 g/mol. The summed E-state index contributed by atoms with van der Waals surface area (Å²) in [4.78, 5) is 0.670. The van der Waals surface area contributed by atoms with E-state index in [1.807, 2.05) is 20.8 Å². The molecule has 0 fully saturated rings. The highest BCUT2D eigenvalue weighted by molar-refractivity contribution is 7.99. The lowest BCUT2D eigenvalue weighted by Crippen LogP contribution is -2.45. The van der Waals surface area contributed by atoms with E-state index in [0.717, 1.165) is 6.07 Å². The Morgan fingerprint density at radius 3 is 2.58 bits per heavy atom. The van der Waals surface area contributed by atoms with Gasteiger partial charge in [-0.25, -0.2) is 8.78 Å². The number of nitrogens with one attached hydrogen (secondary N) is 1. The zero-order valence-corrected chi connectivity index (χ0v) is 12.2. The summed E-state index contributed by atoms with van der Waals surface area (Å²) < 4.78 is 25.8. The number of nitriles is 1. The van der Waals surface area contributed by atoms with Gasteiger partial charge in [-0.15, -0.1) is 11.8 Å². The van der Waals surface area contributed by atoms with E-state index >= 15 is 0 Å². The van der Waals surface area contributed by atoms with E-state index in [0.29, 0.717) is 17.1 Å². The number of benzene rings is 1. The Morgan fingerprint density at radius 1 is 1.37 bits per heavy atom. The van der Waals surface area contributed by atoms with E-state index in [-0.39, 0.29) is 6.04 Å². The maximum absolute atomic E-state index is 13.0. The second kappa shape index (κ2) is 6.88. The SMILES string of the molecule is CC(C)NC(C)(C#N)CCSc1ccc(F)c(F)c1. The topological polar surface area (TPSA) is 35.8 Å². The number of hydrogen-bond donors (Lipinski definition) is 1. The third-order valence-electron chi connectivity index (χ3n) is 2.62. The van der Waals surface area contributed by atoms with Gasteiger partial charge < -0.3 is 0 Å². The largest absolute Gasteiger partial charge is 0.297 e. The lowest BCUT2D eigenvalue weighted by atomic mass is 10.0. The normalized spacial score (nSPS) is 14.2. The van der Waals surface area contributed by atoms with E-state index < -0.39 is 17.2 Å². The van der Waals surface area contributed by atoms with Gasteiger partial charge in [-0.2, -0.15) is 5.26 Å². The van der Waals surface area contributed by atoms with Gasteiger partial charge in [0, 0.05) is 16.7 Å². The quantitative estimate of drug-likeness (QED) is 0.809. The first-order valence-electron chi connectivity index (χ1n) is 6.13. The highest BCUT2D eigenvalue weighted by Crippen LogP contribution is 2.23. The van der Waals surface area contributed by atoms with Crippen molar-refractivity contribution in [3.8, 4) is 6.07 Å². The average molecular weight is 284 g/mol. The van der Waals surface area contributed by atoms with Crippen molar-refractivity contribution in [3.05, 3.63) is 29.8 Å². The van der Waals surface area contributed by atoms with Crippen LogP contribution in [0.2, 0.25) is 0 Å². The molecule has 5 heteroatoms. The molecule has 19 heavy (non-hydrogen) atoms. The molecule has 1 aromatic carbocycles. The van der Waals surface area contributed by atoms with E-state index in [2.05, 4.69) is 11.4 Å². The van der Waals surface area contributed by atoms with Gasteiger partial charge >= 0.3 is 0 Å². The second-order valence-corrected chi connectivity index (χ2v) is 6.09. The summed E-state index contributed by atoms with van der Waals surface area (Å²) in [6.07, 6.45) is 0.630. The van der Waals surface area contributed by atoms with E-state index in [1.54, 1.807) is 6.07 Å². The number of thioether (sulfide) groups is 1. The summed E-state index contributed by atoms with van der Waals surface area (Å²) >= 11 is 1.41. The van der Waals surface area contributed by atoms with Crippen LogP contribution in [0, 0.1) is 23.0 Å². The first-order valence-corrected chi connectivity index (χ1v) is 7.11. The van der Waals surface area contributed by atoms with E-state index in [1.165, 1.54) is 17.8 Å². The predicted molar refractivity (Wildman–Crippen MR) is 74.0 cm³/mol. The summed E-state index contributed by atoms with van der Waals surface area (Å²) in [5, 5.41) is 12.4. The molecule has 0 bridgehead atoms. The van der Waals surface area contributed by atoms with E-state index in [4.69, 9.17) is 0 Å². The molecule has 1 N–H and O–H groups in total. The molecule has 0 aliphatic rings. The Hall–Kier alpha value is -1.12. The van der Waals surface area contributed by atoms with Crippen molar-refractivity contribution >= 4 is 11.8 Å². The molecule has 0 saturated carbocycles. The summed E-state index contributed by atoms with van der Waals surface area (Å²) in [5.41, 5.74) is -0.597. The molecule has 1 aromatic rings. The zero-order valence-electron chi connectivity index (χ0n) is 11.3. The molecule has 1 rings (SSSR count). The Kier molecular flexibility index (Phi) is 5.77. The van der Waals surface area contributed by atoms with Crippen LogP contribution in [-0.4, -0.2) is 17.3 Å². The predicted octanol–water partition coefficient (Wildman–Crippen LogP) is 3.73. The summed E-state index contributed by atoms with van der Waals surface area (Å²) in [5.74, 6) is -1.02. The lowest BCUT2D eigenvalue weighted by Gasteiger charge is -2.25. The van der Waals surface area contributed by atoms with Gasteiger partial charge in [0.25, 0.3) is 0 Å². The summed E-state index contributed by atoms with van der Waals surface area (Å²) in [7, 11) is 0. The molecule has 2 nitrogen and oxygen atoms in total. The molecule has 0 aromatic heterocycles. The molecule has 1 atom stereocenters. The molecule has 0 spiro atoms. The van der Waals surface area contributed by atoms with Crippen molar-refractivity contribution in [2.45, 2.75) is 43.7 Å². The monoisotopic (exact) mass is 284 g/mol. The summed E-state index contributed by atoms with van der Waals surface area (Å²) in [6, 6.07) is 6.32. The van der Waals surface area contributed by atoms with Crippen molar-refractivity contribution in [2.75, 3.05) is 5.75 Å². The standard InChI is InChI=1S/C14H18F2N2S/c1-10(2)18-14(3,9-17)6-7-19-11-4-5-12(15)13(16)8-11/h4-5,8,10,18H,6-7H2,1-3H3. The molecular formula is C14H18F2N2S. The fourth-order valence-corrected chi connectivity index (χ4v) is 2.83. The minimum atomic E-state index is -0.840. The van der Waals surface area contributed by atoms with Crippen LogP contribution in [0.1, 0.15) is 27.2 Å². The molecule has 1 unspecified atom stereocenters. The maximum atomic E-state index is 13.0. The van der Waals surface area contributed by atoms with Crippen LogP contribution >= 0.6 is 11.8 Å². The third-order valence-corrected chi connectivity index (χ3v) is 3.61. The molecule has 0 heterocycles. The number of halogens is 2. The Morgan fingerprint density at radius 2 is 2.05 bits per heavy atom. The minimum Gasteiger partial charge on any atom is -0.297 e. The zero-order chi connectivity index (χ0) is 14.5. The van der Waals surface area contributed by atoms with Crippen molar-refractivity contribution < 1.29 is 8.78 Å². The van der Waals surface area contributed by atoms with Gasteiger partial charge in [-0.05, 0) is 45.4 Å². The average Bonchev–Trinajstić information content (AvgIpc) is 2.33. The molecule has 0 aliphatic carbocycles. The van der Waals surface area contributed by atoms with Crippen LogP contribution in [-0.2, 0) is 0 Å². The highest BCUT2D eigenvalue weighted by atomic mass is 32.2. The highest BCUT2D eigenvalue weighted by Gasteiger charge is 2.23. The molecule has 0 amide bonds. The molecule has 0 saturated heterocycles. The fraction of sp³-hybridized carbons (Fsp3) is 0.500. The van der Waals surface area contributed by atoms with Crippen LogP contribution in [0.4, 0.5) is 8.78 Å². The van der Waals surface area contributed by atoms with E-state index in [9.17, 15) is 14.0 Å². The third kappa shape index (κ3) is 5.17. The van der Waals surface area contributed by atoms with Gasteiger partial charge in [0.15, 0.2) is 11.6 Å². The maximum Gasteiger partial charge on any atom is 0.159 e. The Balaban J connectivity index is 2.53. The van der Waals surface area contributed by atoms with Crippen LogP contribution in [0.15, 0.2) is 23.1 Å². The smallest absolute Gasteiger partial charge is 0.159 e. The number of rotatable bonds is 6. The van der Waals surface area contributed by atoms with Crippen LogP contribution < -0.4 is 5.32 Å². The lowest BCUT2D eigenvalue weighted by molar-refractivity contribution is 0.397. The van der Waals surface area contributed by atoms with Crippen molar-refractivity contribution in [1.82, 2.24) is 5.32 Å². The van der Waals surface area contributed by atoms with Gasteiger partial charge in [-0.3, -0.25) is 5.32 Å². The summed E-state index contributed by atoms with van der Waals surface area (Å²) in [6.45, 7) is 5.81. The van der Waals surface area contributed by atoms with Crippen LogP contribution in [0.5, 0.6) is 0 Å².